The normalized spacial score (nSPS) is 22.6. The summed E-state index contributed by atoms with van der Waals surface area (Å²) in [5, 5.41) is 8.67. The van der Waals surface area contributed by atoms with Gasteiger partial charge in [0.15, 0.2) is 0 Å². The van der Waals surface area contributed by atoms with E-state index in [1.54, 1.807) is 13.8 Å². The number of esters is 1. The van der Waals surface area contributed by atoms with E-state index in [9.17, 15) is 18.0 Å². The van der Waals surface area contributed by atoms with Gasteiger partial charge in [-0.1, -0.05) is 6.92 Å². The average molecular weight is 331 g/mol. The first-order valence-electron chi connectivity index (χ1n) is 6.77. The van der Waals surface area contributed by atoms with E-state index in [-0.39, 0.29) is 31.4 Å². The maximum absolute atomic E-state index is 12.4. The van der Waals surface area contributed by atoms with Gasteiger partial charge in [-0.3, -0.25) is 4.79 Å². The summed E-state index contributed by atoms with van der Waals surface area (Å²) in [6.45, 7) is 3.42. The van der Waals surface area contributed by atoms with E-state index < -0.39 is 33.0 Å². The lowest BCUT2D eigenvalue weighted by Gasteiger charge is -2.13. The van der Waals surface area contributed by atoms with Gasteiger partial charge < -0.3 is 14.3 Å². The largest absolute Gasteiger partial charge is 0.481 e. The third kappa shape index (κ3) is 3.00. The van der Waals surface area contributed by atoms with Crippen LogP contribution in [0.25, 0.3) is 0 Å². The van der Waals surface area contributed by atoms with Crippen molar-refractivity contribution in [2.24, 2.45) is 11.8 Å². The van der Waals surface area contributed by atoms with Crippen LogP contribution in [0.15, 0.2) is 21.6 Å². The lowest BCUT2D eigenvalue weighted by Crippen LogP contribution is -2.29. The fourth-order valence-corrected chi connectivity index (χ4v) is 3.82. The third-order valence-electron chi connectivity index (χ3n) is 3.55. The SMILES string of the molecule is CCOC(=O)c1ccc(S(=O)(=O)N2C[C@@H](C)[C@H](C(=O)O)C2)o1. The van der Waals surface area contributed by atoms with Crippen LogP contribution >= 0.6 is 0 Å². The van der Waals surface area contributed by atoms with Crippen LogP contribution in [-0.2, 0) is 19.6 Å². The molecule has 0 aliphatic carbocycles. The molecule has 1 aromatic heterocycles. The van der Waals surface area contributed by atoms with Crippen LogP contribution in [0.2, 0.25) is 0 Å². The smallest absolute Gasteiger partial charge is 0.374 e. The summed E-state index contributed by atoms with van der Waals surface area (Å²) in [7, 11) is -3.97. The molecule has 1 saturated heterocycles. The van der Waals surface area contributed by atoms with Gasteiger partial charge in [-0.25, -0.2) is 13.2 Å². The van der Waals surface area contributed by atoms with E-state index in [0.717, 1.165) is 4.31 Å². The van der Waals surface area contributed by atoms with E-state index in [1.807, 2.05) is 0 Å². The van der Waals surface area contributed by atoms with Crippen molar-refractivity contribution in [3.63, 3.8) is 0 Å². The number of aliphatic carboxylic acids is 1. The fourth-order valence-electron chi connectivity index (χ4n) is 2.34. The van der Waals surface area contributed by atoms with Crippen molar-refractivity contribution in [3.8, 4) is 0 Å². The molecule has 2 rings (SSSR count). The minimum absolute atomic E-state index is 0.0920. The molecule has 0 bridgehead atoms. The highest BCUT2D eigenvalue weighted by Crippen LogP contribution is 2.29. The van der Waals surface area contributed by atoms with Crippen LogP contribution in [0.3, 0.4) is 0 Å². The first-order valence-corrected chi connectivity index (χ1v) is 8.21. The molecule has 0 unspecified atom stereocenters. The number of carbonyl (C=O) groups is 2. The van der Waals surface area contributed by atoms with E-state index in [1.165, 1.54) is 12.1 Å². The predicted octanol–water partition coefficient (Wildman–Crippen LogP) is 0.798. The molecule has 8 nitrogen and oxygen atoms in total. The van der Waals surface area contributed by atoms with Gasteiger partial charge in [-0.2, -0.15) is 4.31 Å². The number of rotatable bonds is 5. The molecule has 1 aliphatic heterocycles. The van der Waals surface area contributed by atoms with Gasteiger partial charge in [-0.05, 0) is 25.0 Å². The highest BCUT2D eigenvalue weighted by Gasteiger charge is 2.42. The third-order valence-corrected chi connectivity index (χ3v) is 5.25. The number of hydrogen-bond donors (Lipinski definition) is 1. The summed E-state index contributed by atoms with van der Waals surface area (Å²) in [5.74, 6) is -3.04. The maximum atomic E-state index is 12.4. The second-order valence-electron chi connectivity index (χ2n) is 5.08. The molecule has 0 spiro atoms. The molecule has 0 amide bonds. The van der Waals surface area contributed by atoms with E-state index in [4.69, 9.17) is 14.3 Å². The maximum Gasteiger partial charge on any atom is 0.374 e. The summed E-state index contributed by atoms with van der Waals surface area (Å²) in [4.78, 5) is 22.6. The number of carboxylic acids is 1. The van der Waals surface area contributed by atoms with Gasteiger partial charge in [0.2, 0.25) is 10.9 Å². The number of nitrogens with zero attached hydrogens (tertiary/aromatic N) is 1. The predicted molar refractivity (Wildman–Crippen MR) is 73.7 cm³/mol. The lowest BCUT2D eigenvalue weighted by molar-refractivity contribution is -0.142. The summed E-state index contributed by atoms with van der Waals surface area (Å²) in [6, 6.07) is 2.39. The van der Waals surface area contributed by atoms with Gasteiger partial charge in [0, 0.05) is 13.1 Å². The second-order valence-corrected chi connectivity index (χ2v) is 6.95. The molecule has 1 fully saturated rings. The molecule has 122 valence electrons. The molecule has 2 atom stereocenters. The number of furan rings is 1. The highest BCUT2D eigenvalue weighted by atomic mass is 32.2. The van der Waals surface area contributed by atoms with Crippen molar-refractivity contribution in [3.05, 3.63) is 17.9 Å². The molecule has 0 radical (unpaired) electrons. The van der Waals surface area contributed by atoms with Crippen LogP contribution in [0.4, 0.5) is 0 Å². The first kappa shape index (κ1) is 16.5. The standard InChI is InChI=1S/C13H17NO7S/c1-3-20-13(17)10-4-5-11(21-10)22(18,19)14-6-8(2)9(7-14)12(15)16/h4-5,8-9H,3,6-7H2,1-2H3,(H,15,16)/t8-,9-/m1/s1. The Kier molecular flexibility index (Phi) is 4.57. The van der Waals surface area contributed by atoms with Crippen molar-refractivity contribution in [2.75, 3.05) is 19.7 Å². The van der Waals surface area contributed by atoms with Gasteiger partial charge in [0.1, 0.15) is 0 Å². The molecule has 22 heavy (non-hydrogen) atoms. The zero-order chi connectivity index (χ0) is 16.5. The number of sulfonamides is 1. The average Bonchev–Trinajstić information content (AvgIpc) is 3.05. The van der Waals surface area contributed by atoms with Crippen molar-refractivity contribution in [1.29, 1.82) is 0 Å². The number of ether oxygens (including phenoxy) is 1. The van der Waals surface area contributed by atoms with Gasteiger partial charge in [-0.15, -0.1) is 0 Å². The number of carbonyl (C=O) groups excluding carboxylic acids is 1. The summed E-state index contributed by atoms with van der Waals surface area (Å²) in [6.07, 6.45) is 0. The quantitative estimate of drug-likeness (QED) is 0.794. The minimum Gasteiger partial charge on any atom is -0.481 e. The van der Waals surface area contributed by atoms with Crippen molar-refractivity contribution in [1.82, 2.24) is 4.31 Å². The van der Waals surface area contributed by atoms with E-state index >= 15 is 0 Å². The van der Waals surface area contributed by atoms with Crippen LogP contribution in [0, 0.1) is 11.8 Å². The van der Waals surface area contributed by atoms with Crippen molar-refractivity contribution in [2.45, 2.75) is 18.9 Å². The minimum atomic E-state index is -3.97. The van der Waals surface area contributed by atoms with Crippen molar-refractivity contribution < 1.29 is 32.3 Å². The van der Waals surface area contributed by atoms with Gasteiger partial charge in [0.05, 0.1) is 12.5 Å². The molecule has 1 aliphatic rings. The molecule has 0 saturated carbocycles. The highest BCUT2D eigenvalue weighted by molar-refractivity contribution is 7.89. The Morgan fingerprint density at radius 2 is 2.09 bits per heavy atom. The Balaban J connectivity index is 2.21. The van der Waals surface area contributed by atoms with E-state index in [2.05, 4.69) is 0 Å². The number of hydrogen-bond acceptors (Lipinski definition) is 6. The molecule has 2 heterocycles. The van der Waals surface area contributed by atoms with Crippen LogP contribution in [0.1, 0.15) is 24.4 Å². The molecule has 1 N–H and O–H groups in total. The Morgan fingerprint density at radius 1 is 1.41 bits per heavy atom. The Labute approximate surface area is 127 Å². The van der Waals surface area contributed by atoms with Gasteiger partial charge >= 0.3 is 11.9 Å². The van der Waals surface area contributed by atoms with Crippen LogP contribution in [-0.4, -0.2) is 49.5 Å². The summed E-state index contributed by atoms with van der Waals surface area (Å²) in [5.41, 5.74) is 0. The zero-order valence-electron chi connectivity index (χ0n) is 12.2. The van der Waals surface area contributed by atoms with Gasteiger partial charge in [0.25, 0.3) is 10.0 Å². The van der Waals surface area contributed by atoms with Crippen LogP contribution < -0.4 is 0 Å². The molecule has 9 heteroatoms. The molecule has 0 aromatic carbocycles. The zero-order valence-corrected chi connectivity index (χ0v) is 13.0. The molecular weight excluding hydrogens is 314 g/mol. The summed E-state index contributed by atoms with van der Waals surface area (Å²) < 4.78 is 35.7. The van der Waals surface area contributed by atoms with E-state index in [0.29, 0.717) is 0 Å². The first-order chi connectivity index (χ1) is 10.3. The Bertz CT molecular complexity index is 678. The topological polar surface area (TPSA) is 114 Å². The molecular formula is C13H17NO7S. The fraction of sp³-hybridized carbons (Fsp3) is 0.538. The second kappa shape index (κ2) is 6.09. The van der Waals surface area contributed by atoms with Crippen LogP contribution in [0.5, 0.6) is 0 Å². The monoisotopic (exact) mass is 331 g/mol. The Hall–Kier alpha value is -1.87. The Morgan fingerprint density at radius 3 is 2.64 bits per heavy atom. The molecule has 1 aromatic rings. The number of carboxylic acid groups (broad SMARTS) is 1. The lowest BCUT2D eigenvalue weighted by atomic mass is 9.99. The van der Waals surface area contributed by atoms with Crippen molar-refractivity contribution >= 4 is 22.0 Å². The summed E-state index contributed by atoms with van der Waals surface area (Å²) >= 11 is 0.